The third kappa shape index (κ3) is 7.11. The average Bonchev–Trinajstić information content (AvgIpc) is 2.92. The first-order valence-electron chi connectivity index (χ1n) is 13.4. The lowest BCUT2D eigenvalue weighted by atomic mass is 9.74. The van der Waals surface area contributed by atoms with Crippen LogP contribution in [-0.2, 0) is 5.41 Å². The highest BCUT2D eigenvalue weighted by molar-refractivity contribution is 9.11. The third-order valence-corrected chi connectivity index (χ3v) is 10.5. The first kappa shape index (κ1) is 33.1. The third-order valence-electron chi connectivity index (χ3n) is 7.51. The summed E-state index contributed by atoms with van der Waals surface area (Å²) in [5.41, 5.74) is 2.02. The molecular weight excluding hydrogens is 716 g/mol. The van der Waals surface area contributed by atoms with E-state index in [0.717, 1.165) is 25.8 Å². The highest BCUT2D eigenvalue weighted by Gasteiger charge is 2.49. The number of ether oxygens (including phenoxy) is 1. The van der Waals surface area contributed by atoms with Gasteiger partial charge >= 0.3 is 12.5 Å². The Morgan fingerprint density at radius 1 is 1.00 bits per heavy atom. The number of rotatable bonds is 8. The Balaban J connectivity index is 1.80. The lowest BCUT2D eigenvalue weighted by Crippen LogP contribution is -2.61. The maximum absolute atomic E-state index is 13.6. The zero-order valence-corrected chi connectivity index (χ0v) is 28.3. The molecule has 11 heteroatoms. The van der Waals surface area contributed by atoms with E-state index in [1.807, 2.05) is 36.0 Å². The van der Waals surface area contributed by atoms with Gasteiger partial charge in [0.25, 0.3) is 0 Å². The van der Waals surface area contributed by atoms with E-state index in [4.69, 9.17) is 12.2 Å². The zero-order chi connectivity index (χ0) is 30.8. The van der Waals surface area contributed by atoms with Gasteiger partial charge < -0.3 is 15.0 Å². The van der Waals surface area contributed by atoms with Crippen molar-refractivity contribution < 1.29 is 22.3 Å². The minimum atomic E-state index is -4.61. The summed E-state index contributed by atoms with van der Waals surface area (Å²) in [6, 6.07) is 22.1. The Morgan fingerprint density at radius 2 is 1.64 bits per heavy atom. The summed E-state index contributed by atoms with van der Waals surface area (Å²) >= 11 is 15.2. The van der Waals surface area contributed by atoms with Crippen molar-refractivity contribution in [2.24, 2.45) is 11.8 Å². The summed E-state index contributed by atoms with van der Waals surface area (Å²) < 4.78 is 59.0. The van der Waals surface area contributed by atoms with Gasteiger partial charge in [-0.15, -0.1) is 11.8 Å². The smallest absolute Gasteiger partial charge is 0.428 e. The predicted molar refractivity (Wildman–Crippen MR) is 175 cm³/mol. The monoisotopic (exact) mass is 746 g/mol. The van der Waals surface area contributed by atoms with E-state index in [2.05, 4.69) is 98.8 Å². The molecule has 1 N–H and O–H groups in total. The molecule has 0 radical (unpaired) electrons. The van der Waals surface area contributed by atoms with E-state index >= 15 is 0 Å². The molecule has 42 heavy (non-hydrogen) atoms. The van der Waals surface area contributed by atoms with Gasteiger partial charge in [0.2, 0.25) is 0 Å². The molecule has 0 bridgehead atoms. The number of benzene rings is 3. The predicted octanol–water partition coefficient (Wildman–Crippen LogP) is 10.2. The molecule has 1 aliphatic rings. The summed E-state index contributed by atoms with van der Waals surface area (Å²) in [6.07, 6.45) is -8.56. The lowest BCUT2D eigenvalue weighted by molar-refractivity contribution is -0.253. The van der Waals surface area contributed by atoms with Crippen LogP contribution in [0.5, 0.6) is 5.75 Å². The number of thiocarbonyl (C=S) groups is 1. The first-order valence-corrected chi connectivity index (χ1v) is 16.5. The van der Waals surface area contributed by atoms with Gasteiger partial charge in [-0.1, -0.05) is 89.0 Å². The average molecular weight is 749 g/mol. The number of halogens is 6. The minimum absolute atomic E-state index is 0.0532. The van der Waals surface area contributed by atoms with Gasteiger partial charge in [-0.3, -0.25) is 0 Å². The van der Waals surface area contributed by atoms with Crippen LogP contribution in [0.15, 0.2) is 81.7 Å². The fraction of sp³-hybridized carbons (Fsp3) is 0.387. The topological polar surface area (TPSA) is 24.5 Å². The van der Waals surface area contributed by atoms with E-state index in [-0.39, 0.29) is 23.1 Å². The van der Waals surface area contributed by atoms with Crippen LogP contribution in [0.4, 0.5) is 23.2 Å². The van der Waals surface area contributed by atoms with Gasteiger partial charge in [-0.25, -0.2) is 0 Å². The number of nitrogens with one attached hydrogen (secondary N) is 1. The summed E-state index contributed by atoms with van der Waals surface area (Å²) in [5, 5.41) is 3.46. The van der Waals surface area contributed by atoms with Crippen LogP contribution in [0.2, 0.25) is 0 Å². The lowest BCUT2D eigenvalue weighted by Gasteiger charge is -2.54. The Hall–Kier alpha value is -1.82. The molecule has 3 aromatic rings. The van der Waals surface area contributed by atoms with Crippen molar-refractivity contribution in [3.63, 3.8) is 0 Å². The fourth-order valence-corrected chi connectivity index (χ4v) is 9.03. The second-order valence-corrected chi connectivity index (χ2v) is 14.3. The van der Waals surface area contributed by atoms with Gasteiger partial charge in [0.05, 0.1) is 5.37 Å². The van der Waals surface area contributed by atoms with Gasteiger partial charge in [-0.05, 0) is 78.2 Å². The SMILES string of the molecule is CC(C)C1C(C)CSC(C(C)(c2ccccc2)c2cc(Br)cc(Br)c2)N1C(=S)Nc1cccc(OC(F)(F)C(F)F)c1. The summed E-state index contributed by atoms with van der Waals surface area (Å²) in [7, 11) is 0. The standard InChI is InChI=1S/C31H32Br2F4N2OS2/c1-18(2)26-19(3)17-42-28(30(4,20-9-6-5-7-10-20)21-13-22(32)15-23(33)14-21)39(26)29(41)38-24-11-8-12-25(16-24)40-31(36,37)27(34)35/h5-16,18-19,26-28H,17H2,1-4H3,(H,38,41). The van der Waals surface area contributed by atoms with Crippen molar-refractivity contribution >= 4 is 66.6 Å². The summed E-state index contributed by atoms with van der Waals surface area (Å²) in [5.74, 6) is 1.05. The van der Waals surface area contributed by atoms with Gasteiger partial charge in [0.15, 0.2) is 5.11 Å². The Kier molecular flexibility index (Phi) is 10.6. The molecule has 4 unspecified atom stereocenters. The maximum atomic E-state index is 13.6. The highest BCUT2D eigenvalue weighted by atomic mass is 79.9. The molecule has 1 aliphatic heterocycles. The number of hydrogen-bond donors (Lipinski definition) is 1. The van der Waals surface area contributed by atoms with E-state index in [0.29, 0.717) is 16.7 Å². The maximum Gasteiger partial charge on any atom is 0.461 e. The van der Waals surface area contributed by atoms with Crippen LogP contribution in [0.25, 0.3) is 0 Å². The van der Waals surface area contributed by atoms with Crippen molar-refractivity contribution in [2.45, 2.75) is 57.1 Å². The molecule has 4 rings (SSSR count). The highest BCUT2D eigenvalue weighted by Crippen LogP contribution is 2.49. The molecule has 0 amide bonds. The largest absolute Gasteiger partial charge is 0.461 e. The summed E-state index contributed by atoms with van der Waals surface area (Å²) in [6.45, 7) is 8.76. The van der Waals surface area contributed by atoms with Gasteiger partial charge in [0.1, 0.15) is 5.75 Å². The van der Waals surface area contributed by atoms with Crippen molar-refractivity contribution in [3.8, 4) is 5.75 Å². The Bertz CT molecular complexity index is 1380. The second-order valence-electron chi connectivity index (χ2n) is 11.0. The molecule has 1 heterocycles. The molecule has 3 aromatic carbocycles. The van der Waals surface area contributed by atoms with Crippen LogP contribution in [-0.4, -0.2) is 39.7 Å². The molecule has 1 fully saturated rings. The van der Waals surface area contributed by atoms with Crippen LogP contribution in [0, 0.1) is 11.8 Å². The van der Waals surface area contributed by atoms with Gasteiger partial charge in [-0.2, -0.15) is 17.6 Å². The van der Waals surface area contributed by atoms with Gasteiger partial charge in [0, 0.05) is 32.2 Å². The molecule has 0 saturated carbocycles. The molecule has 0 spiro atoms. The van der Waals surface area contributed by atoms with Crippen LogP contribution in [0.3, 0.4) is 0 Å². The molecule has 226 valence electrons. The Labute approximate surface area is 271 Å². The number of thioether (sulfide) groups is 1. The Morgan fingerprint density at radius 3 is 2.24 bits per heavy atom. The first-order chi connectivity index (χ1) is 19.7. The van der Waals surface area contributed by atoms with Crippen molar-refractivity contribution in [1.82, 2.24) is 4.90 Å². The molecule has 4 atom stereocenters. The number of anilines is 1. The summed E-state index contributed by atoms with van der Waals surface area (Å²) in [4.78, 5) is 2.24. The van der Waals surface area contributed by atoms with E-state index < -0.39 is 17.9 Å². The van der Waals surface area contributed by atoms with Crippen molar-refractivity contribution in [2.75, 3.05) is 11.1 Å². The molecule has 3 nitrogen and oxygen atoms in total. The van der Waals surface area contributed by atoms with Crippen molar-refractivity contribution in [1.29, 1.82) is 0 Å². The number of nitrogens with zero attached hydrogens (tertiary/aromatic N) is 1. The molecular formula is C31H32Br2F4N2OS2. The normalized spacial score (nSPS) is 20.9. The van der Waals surface area contributed by atoms with E-state index in [1.165, 1.54) is 18.2 Å². The zero-order valence-electron chi connectivity index (χ0n) is 23.5. The molecule has 1 saturated heterocycles. The number of hydrogen-bond acceptors (Lipinski definition) is 3. The van der Waals surface area contributed by atoms with Crippen LogP contribution < -0.4 is 10.1 Å². The number of alkyl halides is 4. The van der Waals surface area contributed by atoms with Crippen LogP contribution >= 0.6 is 55.8 Å². The van der Waals surface area contributed by atoms with E-state index in [1.54, 1.807) is 6.07 Å². The van der Waals surface area contributed by atoms with Crippen molar-refractivity contribution in [3.05, 3.63) is 92.9 Å². The second kappa shape index (κ2) is 13.4. The molecule has 0 aliphatic carbocycles. The fourth-order valence-electron chi connectivity index (χ4n) is 5.63. The quantitative estimate of drug-likeness (QED) is 0.183. The van der Waals surface area contributed by atoms with Crippen LogP contribution in [0.1, 0.15) is 38.8 Å². The minimum Gasteiger partial charge on any atom is -0.428 e. The molecule has 0 aromatic heterocycles. The van der Waals surface area contributed by atoms with E-state index in [9.17, 15) is 17.6 Å².